The van der Waals surface area contributed by atoms with E-state index in [1.165, 1.54) is 0 Å². The van der Waals surface area contributed by atoms with Gasteiger partial charge in [0.2, 0.25) is 6.10 Å². The predicted molar refractivity (Wildman–Crippen MR) is 59.9 cm³/mol. The zero-order valence-electron chi connectivity index (χ0n) is 9.59. The minimum atomic E-state index is -0.712. The summed E-state index contributed by atoms with van der Waals surface area (Å²) < 4.78 is 9.88. The van der Waals surface area contributed by atoms with E-state index in [2.05, 4.69) is 0 Å². The molecule has 0 unspecified atom stereocenters. The molecule has 1 aromatic rings. The van der Waals surface area contributed by atoms with Crippen molar-refractivity contribution in [1.82, 2.24) is 0 Å². The fourth-order valence-electron chi connectivity index (χ4n) is 1.75. The molecular weight excluding hydrogens is 220 g/mol. The molecule has 4 nitrogen and oxygen atoms in total. The van der Waals surface area contributed by atoms with Gasteiger partial charge in [-0.2, -0.15) is 0 Å². The Morgan fingerprint density at radius 2 is 2.06 bits per heavy atom. The Kier molecular flexibility index (Phi) is 3.42. The lowest BCUT2D eigenvalue weighted by Crippen LogP contribution is -2.50. The van der Waals surface area contributed by atoms with Gasteiger partial charge in [-0.1, -0.05) is 37.3 Å². The van der Waals surface area contributed by atoms with Crippen molar-refractivity contribution in [1.29, 1.82) is 0 Å². The van der Waals surface area contributed by atoms with Crippen LogP contribution < -0.4 is 0 Å². The second kappa shape index (κ2) is 4.99. The number of rotatable bonds is 4. The molecule has 4 heteroatoms. The lowest BCUT2D eigenvalue weighted by Gasteiger charge is -2.32. The Morgan fingerprint density at radius 3 is 2.65 bits per heavy atom. The number of benzene rings is 1. The van der Waals surface area contributed by atoms with Crippen LogP contribution in [0.5, 0.6) is 0 Å². The van der Waals surface area contributed by atoms with Crippen molar-refractivity contribution in [3.8, 4) is 0 Å². The molecular formula is C13H14O4. The van der Waals surface area contributed by atoms with Crippen LogP contribution in [0.1, 0.15) is 18.9 Å². The van der Waals surface area contributed by atoms with Crippen molar-refractivity contribution in [2.45, 2.75) is 26.1 Å². The van der Waals surface area contributed by atoms with Crippen molar-refractivity contribution in [3.63, 3.8) is 0 Å². The highest BCUT2D eigenvalue weighted by Crippen LogP contribution is 2.26. The normalized spacial score (nSPS) is 22.5. The summed E-state index contributed by atoms with van der Waals surface area (Å²) in [7, 11) is 0. The Hall–Kier alpha value is -1.84. The zero-order chi connectivity index (χ0) is 12.3. The summed E-state index contributed by atoms with van der Waals surface area (Å²) in [5, 5.41) is 0. The standard InChI is InChI=1S/C13H14O4/c1-2-10-11(17-12(10)14)13(15)16-8-9-6-4-3-5-7-9/h3-7,10-11H,2,8H2,1H3/t10-,11+/m0/s1. The second-order valence-electron chi connectivity index (χ2n) is 3.97. The van der Waals surface area contributed by atoms with Crippen LogP contribution in [0.25, 0.3) is 0 Å². The summed E-state index contributed by atoms with van der Waals surface area (Å²) >= 11 is 0. The molecule has 1 saturated heterocycles. The van der Waals surface area contributed by atoms with Gasteiger partial charge in [0.15, 0.2) is 0 Å². The molecule has 1 aliphatic rings. The molecule has 1 aromatic carbocycles. The summed E-state index contributed by atoms with van der Waals surface area (Å²) in [5.41, 5.74) is 0.916. The van der Waals surface area contributed by atoms with Crippen molar-refractivity contribution in [3.05, 3.63) is 35.9 Å². The SMILES string of the molecule is CC[C@@H]1C(=O)O[C@H]1C(=O)OCc1ccccc1. The molecule has 0 spiro atoms. The third kappa shape index (κ3) is 2.46. The second-order valence-corrected chi connectivity index (χ2v) is 3.97. The Bertz CT molecular complexity index is 413. The number of hydrogen-bond acceptors (Lipinski definition) is 4. The van der Waals surface area contributed by atoms with E-state index in [1.807, 2.05) is 37.3 Å². The smallest absolute Gasteiger partial charge is 0.348 e. The van der Waals surface area contributed by atoms with E-state index < -0.39 is 12.1 Å². The fourth-order valence-corrected chi connectivity index (χ4v) is 1.75. The van der Waals surface area contributed by atoms with Crippen LogP contribution in [0.4, 0.5) is 0 Å². The molecule has 0 N–H and O–H groups in total. The van der Waals surface area contributed by atoms with Crippen LogP contribution in [0.3, 0.4) is 0 Å². The lowest BCUT2D eigenvalue weighted by molar-refractivity contribution is -0.199. The molecule has 0 amide bonds. The predicted octanol–water partition coefficient (Wildman–Crippen LogP) is 1.68. The zero-order valence-corrected chi connectivity index (χ0v) is 9.59. The van der Waals surface area contributed by atoms with Crippen LogP contribution >= 0.6 is 0 Å². The summed E-state index contributed by atoms with van der Waals surface area (Å²) in [5.74, 6) is -1.10. The Labute approximate surface area is 99.5 Å². The molecule has 0 bridgehead atoms. The highest BCUT2D eigenvalue weighted by atomic mass is 16.6. The molecule has 2 atom stereocenters. The van der Waals surface area contributed by atoms with Crippen LogP contribution in [0, 0.1) is 5.92 Å². The van der Waals surface area contributed by atoms with Gasteiger partial charge < -0.3 is 9.47 Å². The van der Waals surface area contributed by atoms with E-state index in [0.717, 1.165) is 5.56 Å². The van der Waals surface area contributed by atoms with Crippen LogP contribution in [-0.4, -0.2) is 18.0 Å². The van der Waals surface area contributed by atoms with E-state index in [1.54, 1.807) is 0 Å². The van der Waals surface area contributed by atoms with Gasteiger partial charge in [0.1, 0.15) is 12.5 Å². The van der Waals surface area contributed by atoms with Crippen LogP contribution in [-0.2, 0) is 25.7 Å². The van der Waals surface area contributed by atoms with Crippen molar-refractivity contribution in [2.75, 3.05) is 0 Å². The minimum Gasteiger partial charge on any atom is -0.458 e. The number of esters is 2. The first kappa shape index (κ1) is 11.6. The monoisotopic (exact) mass is 234 g/mol. The average molecular weight is 234 g/mol. The minimum absolute atomic E-state index is 0.212. The quantitative estimate of drug-likeness (QED) is 0.744. The third-order valence-corrected chi connectivity index (χ3v) is 2.81. The molecule has 0 aliphatic carbocycles. The van der Waals surface area contributed by atoms with Gasteiger partial charge >= 0.3 is 11.9 Å². The molecule has 1 heterocycles. The molecule has 17 heavy (non-hydrogen) atoms. The highest BCUT2D eigenvalue weighted by Gasteiger charge is 2.46. The summed E-state index contributed by atoms with van der Waals surface area (Å²) in [4.78, 5) is 22.6. The van der Waals surface area contributed by atoms with E-state index in [-0.39, 0.29) is 18.5 Å². The first-order valence-corrected chi connectivity index (χ1v) is 5.63. The van der Waals surface area contributed by atoms with Gasteiger partial charge in [-0.25, -0.2) is 4.79 Å². The Balaban J connectivity index is 1.84. The summed E-state index contributed by atoms with van der Waals surface area (Å²) in [6.07, 6.45) is -0.111. The van der Waals surface area contributed by atoms with E-state index in [9.17, 15) is 9.59 Å². The van der Waals surface area contributed by atoms with Crippen LogP contribution in [0.15, 0.2) is 30.3 Å². The van der Waals surface area contributed by atoms with Crippen molar-refractivity contribution < 1.29 is 19.1 Å². The number of ether oxygens (including phenoxy) is 2. The maximum atomic E-state index is 11.6. The van der Waals surface area contributed by atoms with E-state index in [4.69, 9.17) is 9.47 Å². The summed E-state index contributed by atoms with van der Waals surface area (Å²) in [6.45, 7) is 2.06. The van der Waals surface area contributed by atoms with Crippen molar-refractivity contribution in [2.24, 2.45) is 5.92 Å². The topological polar surface area (TPSA) is 52.6 Å². The molecule has 0 radical (unpaired) electrons. The number of carbonyl (C=O) groups is 2. The summed E-state index contributed by atoms with van der Waals surface area (Å²) in [6, 6.07) is 9.39. The van der Waals surface area contributed by atoms with E-state index in [0.29, 0.717) is 6.42 Å². The maximum absolute atomic E-state index is 11.6. The molecule has 90 valence electrons. The highest BCUT2D eigenvalue weighted by molar-refractivity contribution is 5.91. The number of hydrogen-bond donors (Lipinski definition) is 0. The maximum Gasteiger partial charge on any atom is 0.348 e. The number of cyclic esters (lactones) is 1. The largest absolute Gasteiger partial charge is 0.458 e. The fraction of sp³-hybridized carbons (Fsp3) is 0.385. The molecule has 2 rings (SSSR count). The van der Waals surface area contributed by atoms with Crippen LogP contribution in [0.2, 0.25) is 0 Å². The van der Waals surface area contributed by atoms with Gasteiger partial charge in [0, 0.05) is 0 Å². The molecule has 0 saturated carbocycles. The first-order valence-electron chi connectivity index (χ1n) is 5.63. The van der Waals surface area contributed by atoms with Gasteiger partial charge in [0.25, 0.3) is 0 Å². The third-order valence-electron chi connectivity index (χ3n) is 2.81. The average Bonchev–Trinajstić information content (AvgIpc) is 2.35. The Morgan fingerprint density at radius 1 is 1.35 bits per heavy atom. The van der Waals surface area contributed by atoms with Gasteiger partial charge in [-0.05, 0) is 12.0 Å². The lowest BCUT2D eigenvalue weighted by atomic mass is 9.94. The van der Waals surface area contributed by atoms with E-state index >= 15 is 0 Å². The van der Waals surface area contributed by atoms with Gasteiger partial charge in [-0.3, -0.25) is 4.79 Å². The van der Waals surface area contributed by atoms with Gasteiger partial charge in [0.05, 0.1) is 0 Å². The molecule has 1 aliphatic heterocycles. The number of carbonyl (C=O) groups excluding carboxylic acids is 2. The van der Waals surface area contributed by atoms with Gasteiger partial charge in [-0.15, -0.1) is 0 Å². The molecule has 1 fully saturated rings. The first-order chi connectivity index (χ1) is 8.22. The van der Waals surface area contributed by atoms with Crippen molar-refractivity contribution >= 4 is 11.9 Å². The molecule has 0 aromatic heterocycles.